The monoisotopic (exact) mass is 434 g/mol. The number of halogens is 3. The first-order valence-corrected chi connectivity index (χ1v) is 10.2. The van der Waals surface area contributed by atoms with Gasteiger partial charge in [-0.15, -0.1) is 0 Å². The van der Waals surface area contributed by atoms with Crippen molar-refractivity contribution < 1.29 is 8.42 Å². The Labute approximate surface area is 166 Å². The molecule has 0 saturated carbocycles. The Morgan fingerprint density at radius 2 is 1.72 bits per heavy atom. The molecule has 0 fully saturated rings. The van der Waals surface area contributed by atoms with Crippen LogP contribution in [0.25, 0.3) is 0 Å². The van der Waals surface area contributed by atoms with Crippen LogP contribution in [0.4, 0.5) is 5.69 Å². The molecule has 3 rings (SSSR count). The fourth-order valence-corrected chi connectivity index (χ4v) is 5.50. The molecule has 25 heavy (non-hydrogen) atoms. The molecule has 1 unspecified atom stereocenters. The molecular weight excluding hydrogens is 423 g/mol. The number of thiocarbonyl (C=S) groups is 1. The highest BCUT2D eigenvalue weighted by molar-refractivity contribution is 7.89. The lowest BCUT2D eigenvalue weighted by atomic mass is 10.2. The zero-order chi connectivity index (χ0) is 18.4. The third-order valence-corrected chi connectivity index (χ3v) is 6.93. The van der Waals surface area contributed by atoms with Crippen molar-refractivity contribution >= 4 is 67.7 Å². The molecule has 132 valence electrons. The molecule has 1 N–H and O–H groups in total. The molecule has 9 heteroatoms. The van der Waals surface area contributed by atoms with E-state index in [0.717, 1.165) is 0 Å². The summed E-state index contributed by atoms with van der Waals surface area (Å²) in [6.45, 7) is 1.81. The van der Waals surface area contributed by atoms with Gasteiger partial charge in [0.05, 0.1) is 16.7 Å². The maximum absolute atomic E-state index is 13.2. The molecule has 0 aromatic heterocycles. The predicted molar refractivity (Wildman–Crippen MR) is 106 cm³/mol. The Morgan fingerprint density at radius 1 is 1.08 bits per heavy atom. The number of anilines is 1. The molecule has 1 aliphatic rings. The number of nitrogens with one attached hydrogen (secondary N) is 1. The Bertz CT molecular complexity index is 944. The highest BCUT2D eigenvalue weighted by Gasteiger charge is 2.36. The van der Waals surface area contributed by atoms with E-state index in [4.69, 9.17) is 47.0 Å². The van der Waals surface area contributed by atoms with Gasteiger partial charge in [-0.05, 0) is 48.9 Å². The van der Waals surface area contributed by atoms with E-state index in [-0.39, 0.29) is 11.4 Å². The van der Waals surface area contributed by atoms with Crippen molar-refractivity contribution in [3.05, 3.63) is 57.0 Å². The van der Waals surface area contributed by atoms with Crippen LogP contribution in [0.15, 0.2) is 41.3 Å². The molecule has 2 aromatic rings. The molecule has 1 aliphatic heterocycles. The summed E-state index contributed by atoms with van der Waals surface area (Å²) >= 11 is 23.4. The number of fused-ring (bicyclic) bond motifs is 1. The first-order valence-electron chi connectivity index (χ1n) is 7.26. The summed E-state index contributed by atoms with van der Waals surface area (Å²) in [5, 5.41) is 4.20. The number of rotatable bonds is 2. The van der Waals surface area contributed by atoms with Crippen molar-refractivity contribution in [1.82, 2.24) is 4.31 Å². The van der Waals surface area contributed by atoms with E-state index in [2.05, 4.69) is 5.32 Å². The highest BCUT2D eigenvalue weighted by atomic mass is 35.5. The third kappa shape index (κ3) is 3.79. The second-order valence-corrected chi connectivity index (χ2v) is 9.24. The summed E-state index contributed by atoms with van der Waals surface area (Å²) < 4.78 is 27.7. The molecule has 0 radical (unpaired) electrons. The van der Waals surface area contributed by atoms with Gasteiger partial charge < -0.3 is 5.32 Å². The summed E-state index contributed by atoms with van der Waals surface area (Å²) in [7, 11) is -3.84. The van der Waals surface area contributed by atoms with Crippen molar-refractivity contribution in [3.63, 3.8) is 0 Å². The quantitative estimate of drug-likeness (QED) is 0.676. The first-order chi connectivity index (χ1) is 11.7. The van der Waals surface area contributed by atoms with Crippen LogP contribution in [-0.2, 0) is 16.6 Å². The van der Waals surface area contributed by atoms with Crippen molar-refractivity contribution in [2.75, 3.05) is 5.32 Å². The summed E-state index contributed by atoms with van der Waals surface area (Å²) in [6, 6.07) is 9.03. The van der Waals surface area contributed by atoms with Gasteiger partial charge in [-0.25, -0.2) is 8.42 Å². The topological polar surface area (TPSA) is 49.4 Å². The Balaban J connectivity index is 2.12. The second kappa shape index (κ2) is 7.02. The fraction of sp³-hybridized carbons (Fsp3) is 0.188. The molecule has 0 amide bonds. The number of hydrogen-bond donors (Lipinski definition) is 1. The molecule has 0 spiro atoms. The molecule has 0 saturated heterocycles. The van der Waals surface area contributed by atoms with Crippen LogP contribution in [0.5, 0.6) is 0 Å². The van der Waals surface area contributed by atoms with Gasteiger partial charge >= 0.3 is 0 Å². The number of benzene rings is 2. The van der Waals surface area contributed by atoms with Crippen molar-refractivity contribution in [1.29, 1.82) is 0 Å². The summed E-state index contributed by atoms with van der Waals surface area (Å²) in [6.07, 6.45) is 0. The number of nitrogens with zero attached hydrogens (tertiary/aromatic N) is 1. The minimum absolute atomic E-state index is 0.0809. The average Bonchev–Trinajstić information content (AvgIpc) is 2.57. The minimum Gasteiger partial charge on any atom is -0.348 e. The predicted octanol–water partition coefficient (Wildman–Crippen LogP) is 4.98. The molecular formula is C16H13Cl3N2O2S2. The van der Waals surface area contributed by atoms with Gasteiger partial charge in [0.1, 0.15) is 4.90 Å². The van der Waals surface area contributed by atoms with Gasteiger partial charge in [-0.3, -0.25) is 0 Å². The Kier molecular flexibility index (Phi) is 5.31. The average molecular weight is 436 g/mol. The van der Waals surface area contributed by atoms with Crippen LogP contribution in [0.2, 0.25) is 15.1 Å². The standard InChI is InChI=1S/C16H13Cl3N2O2S2/c1-9-16(24)20-14-3-2-11(17)7-15(14)25(22,23)21(9)8-10-4-12(18)6-13(19)5-10/h2-7,9H,8H2,1H3,(H,20,24). The van der Waals surface area contributed by atoms with E-state index in [1.807, 2.05) is 0 Å². The van der Waals surface area contributed by atoms with Crippen LogP contribution < -0.4 is 5.32 Å². The van der Waals surface area contributed by atoms with Crippen LogP contribution >= 0.6 is 47.0 Å². The lowest BCUT2D eigenvalue weighted by molar-refractivity contribution is 0.389. The maximum Gasteiger partial charge on any atom is 0.246 e. The number of hydrogen-bond acceptors (Lipinski definition) is 3. The lowest BCUT2D eigenvalue weighted by Gasteiger charge is -2.26. The van der Waals surface area contributed by atoms with Gasteiger partial charge in [0, 0.05) is 21.6 Å². The minimum atomic E-state index is -3.84. The second-order valence-electron chi connectivity index (χ2n) is 5.63. The smallest absolute Gasteiger partial charge is 0.246 e. The summed E-state index contributed by atoms with van der Waals surface area (Å²) in [4.78, 5) is 0.484. The SMILES string of the molecule is CC1C(=S)Nc2ccc(Cl)cc2S(=O)(=O)N1Cc1cc(Cl)cc(Cl)c1. The maximum atomic E-state index is 13.2. The van der Waals surface area contributed by atoms with Gasteiger partial charge in [-0.1, -0.05) is 47.0 Å². The summed E-state index contributed by atoms with van der Waals surface area (Å²) in [5.41, 5.74) is 1.08. The van der Waals surface area contributed by atoms with E-state index < -0.39 is 16.1 Å². The van der Waals surface area contributed by atoms with E-state index in [1.54, 1.807) is 37.3 Å². The van der Waals surface area contributed by atoms with Gasteiger partial charge in [-0.2, -0.15) is 4.31 Å². The van der Waals surface area contributed by atoms with Crippen LogP contribution in [0, 0.1) is 0 Å². The van der Waals surface area contributed by atoms with E-state index in [9.17, 15) is 8.42 Å². The van der Waals surface area contributed by atoms with Crippen molar-refractivity contribution in [2.45, 2.75) is 24.4 Å². The largest absolute Gasteiger partial charge is 0.348 e. The Hall–Kier alpha value is -0.890. The zero-order valence-corrected chi connectivity index (χ0v) is 16.9. The van der Waals surface area contributed by atoms with Gasteiger partial charge in [0.2, 0.25) is 10.0 Å². The molecule has 0 bridgehead atoms. The lowest BCUT2D eigenvalue weighted by Crippen LogP contribution is -2.41. The first kappa shape index (κ1) is 18.9. The highest BCUT2D eigenvalue weighted by Crippen LogP contribution is 2.33. The molecule has 1 heterocycles. The summed E-state index contributed by atoms with van der Waals surface area (Å²) in [5.74, 6) is 0. The van der Waals surface area contributed by atoms with Gasteiger partial charge in [0.15, 0.2) is 0 Å². The third-order valence-electron chi connectivity index (χ3n) is 3.86. The number of sulfonamides is 1. The van der Waals surface area contributed by atoms with Gasteiger partial charge in [0.25, 0.3) is 0 Å². The van der Waals surface area contributed by atoms with Crippen molar-refractivity contribution in [2.24, 2.45) is 0 Å². The molecule has 1 atom stereocenters. The Morgan fingerprint density at radius 3 is 2.36 bits per heavy atom. The van der Waals surface area contributed by atoms with E-state index >= 15 is 0 Å². The van der Waals surface area contributed by atoms with Crippen molar-refractivity contribution in [3.8, 4) is 0 Å². The van der Waals surface area contributed by atoms with Crippen LogP contribution in [0.1, 0.15) is 12.5 Å². The van der Waals surface area contributed by atoms with Crippen LogP contribution in [0.3, 0.4) is 0 Å². The van der Waals surface area contributed by atoms with E-state index in [0.29, 0.717) is 31.3 Å². The zero-order valence-electron chi connectivity index (χ0n) is 13.0. The molecule has 4 nitrogen and oxygen atoms in total. The fourth-order valence-electron chi connectivity index (χ4n) is 2.62. The van der Waals surface area contributed by atoms with Crippen LogP contribution in [-0.4, -0.2) is 23.8 Å². The van der Waals surface area contributed by atoms with E-state index in [1.165, 1.54) is 10.4 Å². The molecule has 2 aromatic carbocycles. The normalized spacial score (nSPS) is 19.8. The molecule has 0 aliphatic carbocycles.